The molecule has 0 saturated heterocycles. The molecule has 1 unspecified atom stereocenters. The van der Waals surface area contributed by atoms with Crippen LogP contribution in [0.3, 0.4) is 0 Å². The standard InChI is InChI=1S/C27H23F2N3OS/c1-16(18-8-5-6-10-21(18)28)25-22(29)12-14-24-26(25)31-27(32-34-24)30-15-20-19-9-4-3-7-17(19)11-13-23(20)33-2/h3-14,16H,15H2,1-2H3,(H2,30,31,32). The molecule has 0 aromatic heterocycles. The first-order valence-corrected chi connectivity index (χ1v) is 11.7. The Morgan fingerprint density at radius 2 is 1.74 bits per heavy atom. The van der Waals surface area contributed by atoms with Gasteiger partial charge in [0.1, 0.15) is 17.4 Å². The first-order chi connectivity index (χ1) is 16.6. The van der Waals surface area contributed by atoms with Crippen LogP contribution in [0.2, 0.25) is 0 Å². The van der Waals surface area contributed by atoms with Crippen molar-refractivity contribution in [2.45, 2.75) is 24.3 Å². The molecule has 0 spiro atoms. The summed E-state index contributed by atoms with van der Waals surface area (Å²) in [6, 6.07) is 21.6. The minimum atomic E-state index is -0.484. The normalized spacial score (nSPS) is 14.9. The number of hydrogen-bond acceptors (Lipinski definition) is 3. The summed E-state index contributed by atoms with van der Waals surface area (Å²) in [5, 5.41) is 5.41. The zero-order chi connectivity index (χ0) is 23.7. The van der Waals surface area contributed by atoms with Crippen LogP contribution < -0.4 is 14.8 Å². The third-order valence-corrected chi connectivity index (χ3v) is 6.93. The monoisotopic (exact) mass is 475 g/mol. The molecule has 7 heteroatoms. The van der Waals surface area contributed by atoms with E-state index in [1.54, 1.807) is 31.4 Å². The molecule has 34 heavy (non-hydrogen) atoms. The summed E-state index contributed by atoms with van der Waals surface area (Å²) in [6.07, 6.45) is 0. The van der Waals surface area contributed by atoms with Gasteiger partial charge in [-0.15, -0.1) is 0 Å². The predicted octanol–water partition coefficient (Wildman–Crippen LogP) is 6.86. The zero-order valence-corrected chi connectivity index (χ0v) is 19.5. The van der Waals surface area contributed by atoms with E-state index in [2.05, 4.69) is 10.0 Å². The Morgan fingerprint density at radius 3 is 2.56 bits per heavy atom. The lowest BCUT2D eigenvalue weighted by atomic mass is 9.91. The number of anilines is 1. The Hall–Kier alpha value is -3.58. The second-order valence-electron chi connectivity index (χ2n) is 8.04. The summed E-state index contributed by atoms with van der Waals surface area (Å²) < 4.78 is 38.3. The third-order valence-electron chi connectivity index (χ3n) is 6.07. The fraction of sp³-hybridized carbons (Fsp3) is 0.148. The van der Waals surface area contributed by atoms with Gasteiger partial charge in [0, 0.05) is 17.0 Å². The van der Waals surface area contributed by atoms with E-state index in [9.17, 15) is 4.39 Å². The molecule has 1 aliphatic rings. The number of fused-ring (bicyclic) bond motifs is 2. The maximum absolute atomic E-state index is 15.0. The van der Waals surface area contributed by atoms with Gasteiger partial charge in [-0.2, -0.15) is 0 Å². The van der Waals surface area contributed by atoms with Gasteiger partial charge in [-0.3, -0.25) is 4.72 Å². The van der Waals surface area contributed by atoms with E-state index in [4.69, 9.17) is 9.73 Å². The Bertz CT molecular complexity index is 1410. The summed E-state index contributed by atoms with van der Waals surface area (Å²) in [5.41, 5.74) is 2.42. The van der Waals surface area contributed by atoms with Gasteiger partial charge < -0.3 is 10.1 Å². The van der Waals surface area contributed by atoms with Crippen molar-refractivity contribution in [1.82, 2.24) is 4.72 Å². The molecule has 1 heterocycles. The molecule has 0 radical (unpaired) electrons. The number of hydrogen-bond donors (Lipinski definition) is 2. The minimum absolute atomic E-state index is 0.356. The van der Waals surface area contributed by atoms with Crippen molar-refractivity contribution in [1.29, 1.82) is 0 Å². The molecular weight excluding hydrogens is 452 g/mol. The molecule has 4 aromatic rings. The van der Waals surface area contributed by atoms with E-state index in [1.165, 1.54) is 24.1 Å². The van der Waals surface area contributed by atoms with Gasteiger partial charge in [0.05, 0.1) is 24.2 Å². The van der Waals surface area contributed by atoms with Crippen LogP contribution in [0.15, 0.2) is 82.7 Å². The van der Waals surface area contributed by atoms with Crippen LogP contribution in [0.4, 0.5) is 14.5 Å². The second-order valence-corrected chi connectivity index (χ2v) is 8.89. The lowest BCUT2D eigenvalue weighted by Gasteiger charge is -2.26. The molecule has 5 rings (SSSR count). The average molecular weight is 476 g/mol. The molecule has 0 amide bonds. The molecule has 0 saturated carbocycles. The fourth-order valence-corrected chi connectivity index (χ4v) is 5.06. The maximum atomic E-state index is 15.0. The smallest absolute Gasteiger partial charge is 0.206 e. The van der Waals surface area contributed by atoms with Crippen LogP contribution in [-0.2, 0) is 6.54 Å². The van der Waals surface area contributed by atoms with E-state index in [-0.39, 0.29) is 11.6 Å². The largest absolute Gasteiger partial charge is 0.496 e. The van der Waals surface area contributed by atoms with Crippen molar-refractivity contribution < 1.29 is 13.5 Å². The number of rotatable bonds is 5. The number of aliphatic imine (C=N–C) groups is 1. The van der Waals surface area contributed by atoms with Gasteiger partial charge >= 0.3 is 0 Å². The number of guanidine groups is 1. The fourth-order valence-electron chi connectivity index (χ4n) is 4.34. The molecular formula is C27H23F2N3OS. The van der Waals surface area contributed by atoms with E-state index in [1.807, 2.05) is 43.3 Å². The van der Waals surface area contributed by atoms with E-state index < -0.39 is 5.92 Å². The molecule has 4 aromatic carbocycles. The Kier molecular flexibility index (Phi) is 6.11. The molecule has 4 nitrogen and oxygen atoms in total. The number of nitrogens with one attached hydrogen (secondary N) is 2. The Morgan fingerprint density at radius 1 is 0.941 bits per heavy atom. The van der Waals surface area contributed by atoms with Crippen LogP contribution in [0.5, 0.6) is 5.75 Å². The van der Waals surface area contributed by atoms with Crippen molar-refractivity contribution in [3.05, 3.63) is 101 Å². The van der Waals surface area contributed by atoms with Crippen LogP contribution in [0.25, 0.3) is 10.8 Å². The predicted molar refractivity (Wildman–Crippen MR) is 135 cm³/mol. The number of ether oxygens (including phenoxy) is 1. The molecule has 0 fully saturated rings. The Balaban J connectivity index is 1.50. The molecule has 0 aliphatic carbocycles. The lowest BCUT2D eigenvalue weighted by Crippen LogP contribution is -2.30. The van der Waals surface area contributed by atoms with Gasteiger partial charge in [0.15, 0.2) is 0 Å². The molecule has 0 bridgehead atoms. The van der Waals surface area contributed by atoms with Gasteiger partial charge in [0.25, 0.3) is 0 Å². The highest BCUT2D eigenvalue weighted by molar-refractivity contribution is 7.98. The van der Waals surface area contributed by atoms with Crippen LogP contribution in [0, 0.1) is 11.6 Å². The maximum Gasteiger partial charge on any atom is 0.206 e. The third kappa shape index (κ3) is 4.07. The number of methoxy groups -OCH3 is 1. The van der Waals surface area contributed by atoms with E-state index >= 15 is 4.39 Å². The lowest BCUT2D eigenvalue weighted by molar-refractivity contribution is 0.411. The average Bonchev–Trinajstić information content (AvgIpc) is 2.87. The molecule has 1 aliphatic heterocycles. The summed E-state index contributed by atoms with van der Waals surface area (Å²) in [7, 11) is 1.64. The zero-order valence-electron chi connectivity index (χ0n) is 18.7. The molecule has 2 N–H and O–H groups in total. The minimum Gasteiger partial charge on any atom is -0.496 e. The van der Waals surface area contributed by atoms with Crippen molar-refractivity contribution in [3.63, 3.8) is 0 Å². The highest BCUT2D eigenvalue weighted by Gasteiger charge is 2.26. The highest BCUT2D eigenvalue weighted by atomic mass is 32.2. The molecule has 1 atom stereocenters. The van der Waals surface area contributed by atoms with Crippen molar-refractivity contribution >= 4 is 34.4 Å². The number of benzene rings is 4. The van der Waals surface area contributed by atoms with Crippen molar-refractivity contribution in [2.75, 3.05) is 12.4 Å². The van der Waals surface area contributed by atoms with Crippen molar-refractivity contribution in [2.24, 2.45) is 4.99 Å². The SMILES string of the molecule is COc1ccc2ccccc2c1CN=C1NSc2ccc(F)c(C(C)c3ccccc3F)c2N1. The quantitative estimate of drug-likeness (QED) is 0.310. The highest BCUT2D eigenvalue weighted by Crippen LogP contribution is 2.40. The van der Waals surface area contributed by atoms with E-state index in [0.717, 1.165) is 27.0 Å². The van der Waals surface area contributed by atoms with Gasteiger partial charge in [-0.25, -0.2) is 13.8 Å². The first kappa shape index (κ1) is 22.2. The van der Waals surface area contributed by atoms with E-state index in [0.29, 0.717) is 29.3 Å². The first-order valence-electron chi connectivity index (χ1n) is 10.9. The molecule has 172 valence electrons. The summed E-state index contributed by atoms with van der Waals surface area (Å²) >= 11 is 1.35. The van der Waals surface area contributed by atoms with Crippen LogP contribution >= 0.6 is 11.9 Å². The topological polar surface area (TPSA) is 45.6 Å². The van der Waals surface area contributed by atoms with Gasteiger partial charge in [0.2, 0.25) is 5.96 Å². The number of nitrogens with zero attached hydrogens (tertiary/aromatic N) is 1. The summed E-state index contributed by atoms with van der Waals surface area (Å²) in [5.74, 6) is 0.0266. The summed E-state index contributed by atoms with van der Waals surface area (Å²) in [4.78, 5) is 5.55. The van der Waals surface area contributed by atoms with Crippen LogP contribution in [0.1, 0.15) is 29.5 Å². The number of halogens is 2. The van der Waals surface area contributed by atoms with Gasteiger partial charge in [-0.1, -0.05) is 55.5 Å². The van der Waals surface area contributed by atoms with Crippen molar-refractivity contribution in [3.8, 4) is 5.75 Å². The Labute approximate surface area is 201 Å². The van der Waals surface area contributed by atoms with Crippen LogP contribution in [-0.4, -0.2) is 13.1 Å². The second kappa shape index (κ2) is 9.35. The van der Waals surface area contributed by atoms with Gasteiger partial charge in [-0.05, 0) is 52.5 Å². The summed E-state index contributed by atoms with van der Waals surface area (Å²) in [6.45, 7) is 2.17.